The molecule has 0 heterocycles. The number of nitrogens with two attached hydrogens (primary N) is 1. The van der Waals surface area contributed by atoms with Crippen molar-refractivity contribution in [2.24, 2.45) is 0 Å². The fraction of sp³-hybridized carbons (Fsp3) is 0. The minimum Gasteiger partial charge on any atom is -0.450 e. The van der Waals surface area contributed by atoms with E-state index in [0.717, 1.165) is 7.48 Å². The van der Waals surface area contributed by atoms with Gasteiger partial charge in [0.1, 0.15) is 0 Å². The zero-order valence-corrected chi connectivity index (χ0v) is 5.97. The number of hydrogen-bond acceptors (Lipinski definition) is 2. The van der Waals surface area contributed by atoms with E-state index in [0.29, 0.717) is 16.2 Å². The lowest BCUT2D eigenvalue weighted by Crippen LogP contribution is -2.14. The summed E-state index contributed by atoms with van der Waals surface area (Å²) in [6.45, 7) is 0. The van der Waals surface area contributed by atoms with E-state index in [-0.39, 0.29) is 0 Å². The SMILES string of the molecule is Nc1ccc([B]O)c(Cl)c1. The van der Waals surface area contributed by atoms with Gasteiger partial charge in [0.05, 0.1) is 0 Å². The Bertz CT molecular complexity index is 241. The van der Waals surface area contributed by atoms with Crippen LogP contribution in [0.4, 0.5) is 5.69 Å². The molecule has 1 rings (SSSR count). The van der Waals surface area contributed by atoms with Gasteiger partial charge in [-0.05, 0) is 17.6 Å². The van der Waals surface area contributed by atoms with Crippen LogP contribution in [-0.4, -0.2) is 12.5 Å². The first-order valence-electron chi connectivity index (χ1n) is 2.76. The molecule has 51 valence electrons. The second kappa shape index (κ2) is 2.95. The molecule has 0 atom stereocenters. The van der Waals surface area contributed by atoms with Crippen molar-refractivity contribution in [3.05, 3.63) is 23.2 Å². The molecule has 1 radical (unpaired) electrons. The van der Waals surface area contributed by atoms with Gasteiger partial charge in [-0.1, -0.05) is 17.7 Å². The fourth-order valence-electron chi connectivity index (χ4n) is 0.648. The van der Waals surface area contributed by atoms with Crippen molar-refractivity contribution < 1.29 is 5.02 Å². The van der Waals surface area contributed by atoms with Crippen molar-refractivity contribution in [1.82, 2.24) is 0 Å². The summed E-state index contributed by atoms with van der Waals surface area (Å²) in [6, 6.07) is 4.91. The smallest absolute Gasteiger partial charge is 0.328 e. The predicted molar refractivity (Wildman–Crippen MR) is 43.5 cm³/mol. The van der Waals surface area contributed by atoms with Crippen LogP contribution < -0.4 is 11.2 Å². The third-order valence-electron chi connectivity index (χ3n) is 1.16. The molecule has 0 aliphatic heterocycles. The van der Waals surface area contributed by atoms with E-state index in [2.05, 4.69) is 0 Å². The molecule has 3 N–H and O–H groups in total. The van der Waals surface area contributed by atoms with E-state index in [1.165, 1.54) is 0 Å². The van der Waals surface area contributed by atoms with E-state index in [1.807, 2.05) is 0 Å². The number of halogens is 1. The number of nitrogen functional groups attached to an aromatic ring is 1. The topological polar surface area (TPSA) is 46.2 Å². The Morgan fingerprint density at radius 2 is 2.20 bits per heavy atom. The van der Waals surface area contributed by atoms with E-state index >= 15 is 0 Å². The van der Waals surface area contributed by atoms with Crippen LogP contribution in [0.3, 0.4) is 0 Å². The average molecular weight is 154 g/mol. The second-order valence-corrected chi connectivity index (χ2v) is 2.32. The zero-order valence-electron chi connectivity index (χ0n) is 5.21. The normalized spacial score (nSPS) is 9.40. The number of anilines is 1. The Labute approximate surface area is 64.9 Å². The number of rotatable bonds is 1. The minimum absolute atomic E-state index is 0.461. The van der Waals surface area contributed by atoms with Gasteiger partial charge < -0.3 is 10.8 Å². The van der Waals surface area contributed by atoms with Crippen LogP contribution in [0, 0.1) is 0 Å². The molecular weight excluding hydrogens is 148 g/mol. The first-order chi connectivity index (χ1) is 4.74. The molecule has 0 saturated carbocycles. The van der Waals surface area contributed by atoms with Crippen LogP contribution in [0.2, 0.25) is 5.02 Å². The van der Waals surface area contributed by atoms with Crippen molar-refractivity contribution in [3.63, 3.8) is 0 Å². The van der Waals surface area contributed by atoms with Crippen LogP contribution in [0.5, 0.6) is 0 Å². The first-order valence-corrected chi connectivity index (χ1v) is 3.14. The van der Waals surface area contributed by atoms with Gasteiger partial charge in [-0.3, -0.25) is 0 Å². The molecule has 1 aromatic rings. The predicted octanol–water partition coefficient (Wildman–Crippen LogP) is 0.159. The fourth-order valence-corrected chi connectivity index (χ4v) is 0.886. The molecule has 0 aromatic heterocycles. The summed E-state index contributed by atoms with van der Waals surface area (Å²) in [4.78, 5) is 0. The number of hydrogen-bond donors (Lipinski definition) is 2. The summed E-state index contributed by atoms with van der Waals surface area (Å²) in [5.74, 6) is 0. The molecule has 0 aliphatic rings. The minimum atomic E-state index is 0.461. The van der Waals surface area contributed by atoms with Gasteiger partial charge in [0.2, 0.25) is 0 Å². The van der Waals surface area contributed by atoms with E-state index in [4.69, 9.17) is 22.4 Å². The molecule has 2 nitrogen and oxygen atoms in total. The van der Waals surface area contributed by atoms with Gasteiger partial charge in [-0.2, -0.15) is 0 Å². The molecule has 4 heteroatoms. The average Bonchev–Trinajstić information content (AvgIpc) is 1.88. The maximum absolute atomic E-state index is 8.56. The van der Waals surface area contributed by atoms with Crippen LogP contribution in [0.15, 0.2) is 18.2 Å². The summed E-state index contributed by atoms with van der Waals surface area (Å²) in [7, 11) is 0.946. The Balaban J connectivity index is 3.07. The monoisotopic (exact) mass is 154 g/mol. The summed E-state index contributed by atoms with van der Waals surface area (Å²) in [6.07, 6.45) is 0. The van der Waals surface area contributed by atoms with E-state index in [9.17, 15) is 0 Å². The quantitative estimate of drug-likeness (QED) is 0.447. The standard InChI is InChI=1S/C6H6BClNO/c8-6-3-4(9)1-2-5(6)7-10/h1-3,10H,9H2. The Hall–Kier alpha value is -0.665. The van der Waals surface area contributed by atoms with Gasteiger partial charge >= 0.3 is 7.48 Å². The lowest BCUT2D eigenvalue weighted by molar-refractivity contribution is 0.615. The van der Waals surface area contributed by atoms with Crippen molar-refractivity contribution >= 4 is 30.2 Å². The van der Waals surface area contributed by atoms with Gasteiger partial charge in [-0.15, -0.1) is 0 Å². The summed E-state index contributed by atoms with van der Waals surface area (Å²) >= 11 is 5.66. The van der Waals surface area contributed by atoms with Crippen molar-refractivity contribution in [3.8, 4) is 0 Å². The third kappa shape index (κ3) is 1.43. The molecule has 10 heavy (non-hydrogen) atoms. The Morgan fingerprint density at radius 3 is 2.70 bits per heavy atom. The second-order valence-electron chi connectivity index (χ2n) is 1.91. The third-order valence-corrected chi connectivity index (χ3v) is 1.49. The number of benzene rings is 1. The molecule has 0 amide bonds. The summed E-state index contributed by atoms with van der Waals surface area (Å²) in [5, 5.41) is 9.02. The molecule has 0 fully saturated rings. The highest BCUT2D eigenvalue weighted by Crippen LogP contribution is 2.08. The summed E-state index contributed by atoms with van der Waals surface area (Å²) in [5.41, 5.74) is 6.57. The van der Waals surface area contributed by atoms with Crippen molar-refractivity contribution in [2.45, 2.75) is 0 Å². The van der Waals surface area contributed by atoms with Gasteiger partial charge in [0.25, 0.3) is 0 Å². The highest BCUT2D eigenvalue weighted by atomic mass is 35.5. The molecule has 0 unspecified atom stereocenters. The molecule has 0 spiro atoms. The van der Waals surface area contributed by atoms with Crippen LogP contribution in [-0.2, 0) is 0 Å². The van der Waals surface area contributed by atoms with E-state index < -0.39 is 0 Å². The maximum Gasteiger partial charge on any atom is 0.328 e. The maximum atomic E-state index is 8.56. The molecular formula is C6H6BClNO. The molecule has 0 saturated heterocycles. The van der Waals surface area contributed by atoms with Crippen LogP contribution >= 0.6 is 11.6 Å². The largest absolute Gasteiger partial charge is 0.450 e. The van der Waals surface area contributed by atoms with Gasteiger partial charge in [0, 0.05) is 10.7 Å². The highest BCUT2D eigenvalue weighted by Gasteiger charge is 1.99. The highest BCUT2D eigenvalue weighted by molar-refractivity contribution is 6.52. The summed E-state index contributed by atoms with van der Waals surface area (Å²) < 4.78 is 0. The lowest BCUT2D eigenvalue weighted by atomic mass is 9.89. The Kier molecular flexibility index (Phi) is 2.19. The van der Waals surface area contributed by atoms with Gasteiger partial charge in [-0.25, -0.2) is 0 Å². The zero-order chi connectivity index (χ0) is 7.56. The first kappa shape index (κ1) is 7.44. The van der Waals surface area contributed by atoms with Crippen LogP contribution in [0.1, 0.15) is 0 Å². The molecule has 1 aromatic carbocycles. The lowest BCUT2D eigenvalue weighted by Gasteiger charge is -1.98. The van der Waals surface area contributed by atoms with Crippen LogP contribution in [0.25, 0.3) is 0 Å². The molecule has 0 aliphatic carbocycles. The van der Waals surface area contributed by atoms with E-state index in [1.54, 1.807) is 18.2 Å². The van der Waals surface area contributed by atoms with Crippen molar-refractivity contribution in [2.75, 3.05) is 5.73 Å². The van der Waals surface area contributed by atoms with Gasteiger partial charge in [0.15, 0.2) is 0 Å². The Morgan fingerprint density at radius 1 is 1.50 bits per heavy atom. The molecule has 0 bridgehead atoms. The van der Waals surface area contributed by atoms with Crippen molar-refractivity contribution in [1.29, 1.82) is 0 Å².